The molecular weight excluding hydrogens is 410 g/mol. The minimum absolute atomic E-state index is 0.0194. The van der Waals surface area contributed by atoms with Gasteiger partial charge in [-0.05, 0) is 49.3 Å². The molecule has 2 heterocycles. The fourth-order valence-corrected chi connectivity index (χ4v) is 4.88. The number of hydrogen-bond acceptors (Lipinski definition) is 4. The SMILES string of the molecule is CCOCCCN(CC(=O)N1CCc2sccc2C1c1ccc(C)cc1)C(=O)N(C)C. The molecule has 0 saturated heterocycles. The first-order valence-corrected chi connectivity index (χ1v) is 11.8. The van der Waals surface area contributed by atoms with E-state index in [0.717, 1.165) is 12.0 Å². The second-order valence-corrected chi connectivity index (χ2v) is 9.10. The highest BCUT2D eigenvalue weighted by Gasteiger charge is 2.34. The number of ether oxygens (including phenoxy) is 1. The summed E-state index contributed by atoms with van der Waals surface area (Å²) in [5.74, 6) is -0.0194. The van der Waals surface area contributed by atoms with E-state index < -0.39 is 0 Å². The summed E-state index contributed by atoms with van der Waals surface area (Å²) < 4.78 is 5.41. The van der Waals surface area contributed by atoms with Gasteiger partial charge in [-0.2, -0.15) is 0 Å². The fourth-order valence-electron chi connectivity index (χ4n) is 3.97. The Labute approximate surface area is 189 Å². The van der Waals surface area contributed by atoms with Crippen LogP contribution in [-0.4, -0.2) is 73.6 Å². The van der Waals surface area contributed by atoms with Gasteiger partial charge in [0.05, 0.1) is 6.04 Å². The van der Waals surface area contributed by atoms with Crippen molar-refractivity contribution in [2.75, 3.05) is 46.9 Å². The van der Waals surface area contributed by atoms with Crippen LogP contribution >= 0.6 is 11.3 Å². The highest BCUT2D eigenvalue weighted by molar-refractivity contribution is 7.10. The molecule has 0 fully saturated rings. The maximum atomic E-state index is 13.5. The molecule has 31 heavy (non-hydrogen) atoms. The molecule has 168 valence electrons. The minimum atomic E-state index is -0.148. The highest BCUT2D eigenvalue weighted by Crippen LogP contribution is 2.38. The van der Waals surface area contributed by atoms with Crippen LogP contribution in [0.3, 0.4) is 0 Å². The number of amides is 3. The molecule has 0 N–H and O–H groups in total. The molecule has 1 aromatic heterocycles. The van der Waals surface area contributed by atoms with Crippen molar-refractivity contribution in [1.82, 2.24) is 14.7 Å². The van der Waals surface area contributed by atoms with E-state index in [0.29, 0.717) is 32.7 Å². The molecule has 0 spiro atoms. The van der Waals surface area contributed by atoms with Gasteiger partial charge in [0.25, 0.3) is 0 Å². The Balaban J connectivity index is 1.81. The van der Waals surface area contributed by atoms with Crippen molar-refractivity contribution < 1.29 is 14.3 Å². The molecule has 1 aliphatic rings. The average molecular weight is 444 g/mol. The number of carbonyl (C=O) groups is 2. The molecule has 3 rings (SSSR count). The van der Waals surface area contributed by atoms with Crippen LogP contribution in [0.15, 0.2) is 35.7 Å². The molecule has 0 bridgehead atoms. The largest absolute Gasteiger partial charge is 0.382 e. The van der Waals surface area contributed by atoms with Gasteiger partial charge in [-0.25, -0.2) is 4.79 Å². The third kappa shape index (κ3) is 5.66. The zero-order valence-electron chi connectivity index (χ0n) is 19.0. The summed E-state index contributed by atoms with van der Waals surface area (Å²) in [7, 11) is 3.44. The van der Waals surface area contributed by atoms with Gasteiger partial charge in [-0.1, -0.05) is 29.8 Å². The minimum Gasteiger partial charge on any atom is -0.382 e. The molecule has 0 radical (unpaired) electrons. The summed E-state index contributed by atoms with van der Waals surface area (Å²) in [4.78, 5) is 32.7. The van der Waals surface area contributed by atoms with E-state index in [2.05, 4.69) is 42.6 Å². The van der Waals surface area contributed by atoms with Gasteiger partial charge in [0.1, 0.15) is 6.54 Å². The first-order chi connectivity index (χ1) is 14.9. The van der Waals surface area contributed by atoms with E-state index in [9.17, 15) is 9.59 Å². The van der Waals surface area contributed by atoms with Crippen LogP contribution < -0.4 is 0 Å². The summed E-state index contributed by atoms with van der Waals surface area (Å²) in [6.07, 6.45) is 1.56. The lowest BCUT2D eigenvalue weighted by atomic mass is 9.92. The van der Waals surface area contributed by atoms with E-state index >= 15 is 0 Å². The molecule has 1 aromatic carbocycles. The lowest BCUT2D eigenvalue weighted by Gasteiger charge is -2.38. The Hall–Kier alpha value is -2.38. The number of carbonyl (C=O) groups excluding carboxylic acids is 2. The van der Waals surface area contributed by atoms with Gasteiger partial charge in [-0.3, -0.25) is 4.79 Å². The van der Waals surface area contributed by atoms with E-state index in [1.165, 1.54) is 20.9 Å². The lowest BCUT2D eigenvalue weighted by molar-refractivity contribution is -0.134. The summed E-state index contributed by atoms with van der Waals surface area (Å²) in [6, 6.07) is 10.3. The Kier molecular flexibility index (Phi) is 8.09. The van der Waals surface area contributed by atoms with Crippen LogP contribution in [0.4, 0.5) is 4.79 Å². The second kappa shape index (κ2) is 10.8. The third-order valence-electron chi connectivity index (χ3n) is 5.58. The number of urea groups is 1. The van der Waals surface area contributed by atoms with Gasteiger partial charge in [0.2, 0.25) is 5.91 Å². The van der Waals surface area contributed by atoms with Gasteiger partial charge in [0, 0.05) is 45.3 Å². The zero-order chi connectivity index (χ0) is 22.4. The molecule has 0 aliphatic carbocycles. The predicted octanol–water partition coefficient (Wildman–Crippen LogP) is 3.94. The highest BCUT2D eigenvalue weighted by atomic mass is 32.1. The Morgan fingerprint density at radius 2 is 1.94 bits per heavy atom. The van der Waals surface area contributed by atoms with Gasteiger partial charge < -0.3 is 19.4 Å². The molecule has 1 atom stereocenters. The Morgan fingerprint density at radius 1 is 1.19 bits per heavy atom. The van der Waals surface area contributed by atoms with Crippen LogP contribution in [0.2, 0.25) is 0 Å². The van der Waals surface area contributed by atoms with Crippen molar-refractivity contribution in [3.8, 4) is 0 Å². The number of hydrogen-bond donors (Lipinski definition) is 0. The van der Waals surface area contributed by atoms with Crippen LogP contribution in [0.1, 0.15) is 41.0 Å². The van der Waals surface area contributed by atoms with Crippen molar-refractivity contribution in [2.45, 2.75) is 32.7 Å². The lowest BCUT2D eigenvalue weighted by Crippen LogP contribution is -2.49. The van der Waals surface area contributed by atoms with Crippen LogP contribution in [0, 0.1) is 6.92 Å². The van der Waals surface area contributed by atoms with Crippen molar-refractivity contribution in [2.24, 2.45) is 0 Å². The van der Waals surface area contributed by atoms with Crippen molar-refractivity contribution in [3.63, 3.8) is 0 Å². The molecule has 3 amide bonds. The normalized spacial score (nSPS) is 15.5. The van der Waals surface area contributed by atoms with Crippen LogP contribution in [0.5, 0.6) is 0 Å². The molecule has 2 aromatic rings. The van der Waals surface area contributed by atoms with Gasteiger partial charge in [-0.15, -0.1) is 11.3 Å². The van der Waals surface area contributed by atoms with Gasteiger partial charge in [0.15, 0.2) is 0 Å². The first-order valence-electron chi connectivity index (χ1n) is 10.9. The predicted molar refractivity (Wildman–Crippen MR) is 125 cm³/mol. The van der Waals surface area contributed by atoms with Crippen molar-refractivity contribution >= 4 is 23.3 Å². The van der Waals surface area contributed by atoms with Gasteiger partial charge >= 0.3 is 6.03 Å². The molecule has 1 aliphatic heterocycles. The van der Waals surface area contributed by atoms with Crippen LogP contribution in [0.25, 0.3) is 0 Å². The zero-order valence-corrected chi connectivity index (χ0v) is 19.8. The van der Waals surface area contributed by atoms with E-state index in [1.807, 2.05) is 11.8 Å². The standard InChI is InChI=1S/C24H33N3O3S/c1-5-30-15-6-13-26(24(29)25(3)4)17-22(28)27-14-11-21-20(12-16-31-21)23(27)19-9-7-18(2)8-10-19/h7-10,12,16,23H,5-6,11,13-15,17H2,1-4H3. The Bertz CT molecular complexity index is 878. The average Bonchev–Trinajstić information content (AvgIpc) is 3.24. The molecule has 7 heteroatoms. The summed E-state index contributed by atoms with van der Waals surface area (Å²) in [5.41, 5.74) is 3.51. The quantitative estimate of drug-likeness (QED) is 0.581. The van der Waals surface area contributed by atoms with E-state index in [-0.39, 0.29) is 24.5 Å². The molecule has 1 unspecified atom stereocenters. The topological polar surface area (TPSA) is 53.1 Å². The number of thiophene rings is 1. The van der Waals surface area contributed by atoms with E-state index in [4.69, 9.17) is 4.74 Å². The number of rotatable bonds is 8. The van der Waals surface area contributed by atoms with Crippen molar-refractivity contribution in [3.05, 3.63) is 57.3 Å². The molecule has 6 nitrogen and oxygen atoms in total. The third-order valence-corrected chi connectivity index (χ3v) is 6.58. The summed E-state index contributed by atoms with van der Waals surface area (Å²) >= 11 is 1.76. The Morgan fingerprint density at radius 3 is 2.61 bits per heavy atom. The number of aryl methyl sites for hydroxylation is 1. The number of nitrogens with zero attached hydrogens (tertiary/aromatic N) is 3. The summed E-state index contributed by atoms with van der Waals surface area (Å²) in [6.45, 7) is 6.48. The van der Waals surface area contributed by atoms with E-state index in [1.54, 1.807) is 30.3 Å². The first kappa shape index (κ1) is 23.3. The number of fused-ring (bicyclic) bond motifs is 1. The fraction of sp³-hybridized carbons (Fsp3) is 0.500. The monoisotopic (exact) mass is 443 g/mol. The summed E-state index contributed by atoms with van der Waals surface area (Å²) in [5, 5.41) is 2.11. The van der Waals surface area contributed by atoms with Crippen LogP contribution in [-0.2, 0) is 16.0 Å². The maximum absolute atomic E-state index is 13.5. The smallest absolute Gasteiger partial charge is 0.319 e. The molecular formula is C24H33N3O3S. The molecule has 0 saturated carbocycles. The van der Waals surface area contributed by atoms with Crippen molar-refractivity contribution in [1.29, 1.82) is 0 Å². The maximum Gasteiger partial charge on any atom is 0.319 e. The second-order valence-electron chi connectivity index (χ2n) is 8.10. The number of benzene rings is 1.